The van der Waals surface area contributed by atoms with Crippen molar-refractivity contribution < 1.29 is 14.0 Å². The van der Waals surface area contributed by atoms with E-state index in [1.54, 1.807) is 12.1 Å². The van der Waals surface area contributed by atoms with Gasteiger partial charge < -0.3 is 9.73 Å². The molecule has 0 saturated heterocycles. The number of carbonyl (C=O) groups is 2. The molecule has 2 aromatic heterocycles. The van der Waals surface area contributed by atoms with Gasteiger partial charge in [-0.1, -0.05) is 39.0 Å². The molecule has 0 radical (unpaired) electrons. The van der Waals surface area contributed by atoms with Gasteiger partial charge in [0.25, 0.3) is 5.91 Å². The summed E-state index contributed by atoms with van der Waals surface area (Å²) in [4.78, 5) is 24.7. The Kier molecular flexibility index (Phi) is 6.69. The van der Waals surface area contributed by atoms with Gasteiger partial charge in [0.05, 0.1) is 6.26 Å². The standard InChI is InChI=1S/C17H24N4O3S/c1-5-11(6-2)16-20-21-17(25-16)19-15(23)13(10(3)4)18-14(22)12-8-7-9-24-12/h7-11,13H,5-6H2,1-4H3,(H,18,22)(H,19,21,23). The third-order valence-electron chi connectivity index (χ3n) is 3.99. The van der Waals surface area contributed by atoms with Crippen LogP contribution in [0.4, 0.5) is 5.13 Å². The molecule has 2 N–H and O–H groups in total. The highest BCUT2D eigenvalue weighted by Crippen LogP contribution is 2.28. The molecule has 8 heteroatoms. The van der Waals surface area contributed by atoms with Crippen LogP contribution in [0.1, 0.15) is 62.0 Å². The van der Waals surface area contributed by atoms with Gasteiger partial charge in [-0.25, -0.2) is 0 Å². The van der Waals surface area contributed by atoms with E-state index < -0.39 is 11.9 Å². The van der Waals surface area contributed by atoms with Crippen molar-refractivity contribution in [1.82, 2.24) is 15.5 Å². The minimum Gasteiger partial charge on any atom is -0.459 e. The van der Waals surface area contributed by atoms with Crippen molar-refractivity contribution in [3.63, 3.8) is 0 Å². The molecular weight excluding hydrogens is 340 g/mol. The predicted octanol–water partition coefficient (Wildman–Crippen LogP) is 3.43. The highest BCUT2D eigenvalue weighted by atomic mass is 32.1. The summed E-state index contributed by atoms with van der Waals surface area (Å²) in [6, 6.07) is 2.48. The predicted molar refractivity (Wildman–Crippen MR) is 96.7 cm³/mol. The average Bonchev–Trinajstić information content (AvgIpc) is 3.25. The Bertz CT molecular complexity index is 693. The maximum atomic E-state index is 12.6. The largest absolute Gasteiger partial charge is 0.459 e. The molecule has 2 rings (SSSR count). The second-order valence-electron chi connectivity index (χ2n) is 6.12. The quantitative estimate of drug-likeness (QED) is 0.748. The van der Waals surface area contributed by atoms with Gasteiger partial charge >= 0.3 is 0 Å². The highest BCUT2D eigenvalue weighted by Gasteiger charge is 2.26. The molecule has 0 aliphatic heterocycles. The Morgan fingerprint density at radius 1 is 1.24 bits per heavy atom. The van der Waals surface area contributed by atoms with Crippen LogP contribution in [0.15, 0.2) is 22.8 Å². The summed E-state index contributed by atoms with van der Waals surface area (Å²) < 4.78 is 5.06. The van der Waals surface area contributed by atoms with E-state index in [9.17, 15) is 9.59 Å². The van der Waals surface area contributed by atoms with E-state index in [-0.39, 0.29) is 17.6 Å². The first-order valence-electron chi connectivity index (χ1n) is 8.44. The molecule has 0 bridgehead atoms. The molecule has 2 aromatic rings. The number of hydrogen-bond acceptors (Lipinski definition) is 6. The fourth-order valence-electron chi connectivity index (χ4n) is 2.43. The van der Waals surface area contributed by atoms with Crippen molar-refractivity contribution in [2.24, 2.45) is 5.92 Å². The van der Waals surface area contributed by atoms with Crippen LogP contribution >= 0.6 is 11.3 Å². The summed E-state index contributed by atoms with van der Waals surface area (Å²) in [5.41, 5.74) is 0. The zero-order chi connectivity index (χ0) is 18.4. The van der Waals surface area contributed by atoms with Crippen LogP contribution in [0, 0.1) is 5.92 Å². The summed E-state index contributed by atoms with van der Waals surface area (Å²) in [5.74, 6) is -0.311. The van der Waals surface area contributed by atoms with Gasteiger partial charge in [-0.05, 0) is 30.9 Å². The Morgan fingerprint density at radius 2 is 1.96 bits per heavy atom. The van der Waals surface area contributed by atoms with Gasteiger partial charge in [-0.2, -0.15) is 0 Å². The number of aromatic nitrogens is 2. The number of carbonyl (C=O) groups excluding carboxylic acids is 2. The highest BCUT2D eigenvalue weighted by molar-refractivity contribution is 7.15. The van der Waals surface area contributed by atoms with E-state index in [0.717, 1.165) is 17.8 Å². The number of nitrogens with one attached hydrogen (secondary N) is 2. The second-order valence-corrected chi connectivity index (χ2v) is 7.13. The molecule has 0 aliphatic rings. The molecule has 0 aliphatic carbocycles. The third-order valence-corrected chi connectivity index (χ3v) is 4.99. The normalized spacial score (nSPS) is 12.4. The summed E-state index contributed by atoms with van der Waals surface area (Å²) in [6.45, 7) is 7.93. The van der Waals surface area contributed by atoms with Gasteiger partial charge in [0.15, 0.2) is 5.76 Å². The zero-order valence-electron chi connectivity index (χ0n) is 14.9. The van der Waals surface area contributed by atoms with E-state index >= 15 is 0 Å². The van der Waals surface area contributed by atoms with E-state index in [2.05, 4.69) is 34.7 Å². The molecule has 1 unspecified atom stereocenters. The van der Waals surface area contributed by atoms with Crippen LogP contribution < -0.4 is 10.6 Å². The van der Waals surface area contributed by atoms with Crippen LogP contribution in [-0.4, -0.2) is 28.1 Å². The fraction of sp³-hybridized carbons (Fsp3) is 0.529. The second kappa shape index (κ2) is 8.75. The number of amides is 2. The third kappa shape index (κ3) is 4.88. The Morgan fingerprint density at radius 3 is 2.52 bits per heavy atom. The SMILES string of the molecule is CCC(CC)c1nnc(NC(=O)C(NC(=O)c2ccco2)C(C)C)s1. The molecule has 0 saturated carbocycles. The van der Waals surface area contributed by atoms with Crippen molar-refractivity contribution in [1.29, 1.82) is 0 Å². The first-order chi connectivity index (χ1) is 12.0. The maximum Gasteiger partial charge on any atom is 0.287 e. The summed E-state index contributed by atoms with van der Waals surface area (Å²) in [6.07, 6.45) is 3.37. The van der Waals surface area contributed by atoms with Crippen LogP contribution in [0.3, 0.4) is 0 Å². The monoisotopic (exact) mass is 364 g/mol. The summed E-state index contributed by atoms with van der Waals surface area (Å²) in [5, 5.41) is 15.0. The Labute approximate surface area is 151 Å². The van der Waals surface area contributed by atoms with E-state index in [0.29, 0.717) is 11.0 Å². The van der Waals surface area contributed by atoms with Gasteiger partial charge in [0.2, 0.25) is 11.0 Å². The molecule has 7 nitrogen and oxygen atoms in total. The van der Waals surface area contributed by atoms with E-state index in [4.69, 9.17) is 4.42 Å². The van der Waals surface area contributed by atoms with Crippen LogP contribution in [0.25, 0.3) is 0 Å². The lowest BCUT2D eigenvalue weighted by Gasteiger charge is -2.20. The van der Waals surface area contributed by atoms with Crippen LogP contribution in [0.5, 0.6) is 0 Å². The lowest BCUT2D eigenvalue weighted by atomic mass is 10.0. The first kappa shape index (κ1) is 19.1. The zero-order valence-corrected chi connectivity index (χ0v) is 15.7. The van der Waals surface area contributed by atoms with Crippen LogP contribution in [0.2, 0.25) is 0 Å². The molecule has 2 amide bonds. The van der Waals surface area contributed by atoms with Gasteiger partial charge in [-0.3, -0.25) is 14.9 Å². The van der Waals surface area contributed by atoms with Gasteiger partial charge in [0, 0.05) is 5.92 Å². The number of anilines is 1. The number of rotatable bonds is 8. The van der Waals surface area contributed by atoms with Crippen molar-refractivity contribution in [3.05, 3.63) is 29.2 Å². The first-order valence-corrected chi connectivity index (χ1v) is 9.26. The van der Waals surface area contributed by atoms with Crippen molar-refractivity contribution in [2.45, 2.75) is 52.5 Å². The smallest absolute Gasteiger partial charge is 0.287 e. The Balaban J connectivity index is 2.04. The van der Waals surface area contributed by atoms with Crippen molar-refractivity contribution in [2.75, 3.05) is 5.32 Å². The molecule has 0 aromatic carbocycles. The average molecular weight is 364 g/mol. The van der Waals surface area contributed by atoms with Crippen molar-refractivity contribution >= 4 is 28.3 Å². The van der Waals surface area contributed by atoms with E-state index in [1.165, 1.54) is 17.6 Å². The van der Waals surface area contributed by atoms with Crippen molar-refractivity contribution in [3.8, 4) is 0 Å². The van der Waals surface area contributed by atoms with Gasteiger partial charge in [0.1, 0.15) is 11.0 Å². The molecule has 2 heterocycles. The number of hydrogen-bond donors (Lipinski definition) is 2. The number of nitrogens with zero attached hydrogens (tertiary/aromatic N) is 2. The fourth-order valence-corrected chi connectivity index (χ4v) is 3.44. The molecule has 1 atom stereocenters. The summed E-state index contributed by atoms with van der Waals surface area (Å²) >= 11 is 1.38. The topological polar surface area (TPSA) is 97.1 Å². The minimum absolute atomic E-state index is 0.0923. The lowest BCUT2D eigenvalue weighted by Crippen LogP contribution is -2.47. The molecule has 0 spiro atoms. The Hall–Kier alpha value is -2.22. The lowest BCUT2D eigenvalue weighted by molar-refractivity contribution is -0.118. The van der Waals surface area contributed by atoms with Gasteiger partial charge in [-0.15, -0.1) is 10.2 Å². The van der Waals surface area contributed by atoms with E-state index in [1.807, 2.05) is 13.8 Å². The molecular formula is C17H24N4O3S. The molecule has 0 fully saturated rings. The maximum absolute atomic E-state index is 12.6. The minimum atomic E-state index is -0.696. The number of furan rings is 1. The molecule has 25 heavy (non-hydrogen) atoms. The molecule has 136 valence electrons. The summed E-state index contributed by atoms with van der Waals surface area (Å²) in [7, 11) is 0. The van der Waals surface area contributed by atoms with Crippen LogP contribution in [-0.2, 0) is 4.79 Å².